The summed E-state index contributed by atoms with van der Waals surface area (Å²) in [5.41, 5.74) is 0.576. The molecule has 0 fully saturated rings. The molecule has 0 bridgehead atoms. The number of hydrogen-bond donors (Lipinski definition) is 1. The second-order valence-electron chi connectivity index (χ2n) is 3.77. The molecule has 0 saturated carbocycles. The fraction of sp³-hybridized carbons (Fsp3) is 0.231. The molecule has 2 rings (SSSR count). The zero-order valence-corrected chi connectivity index (χ0v) is 12.9. The van der Waals surface area contributed by atoms with Crippen molar-refractivity contribution in [3.63, 3.8) is 0 Å². The van der Waals surface area contributed by atoms with Crippen molar-refractivity contribution in [2.45, 2.75) is 13.0 Å². The maximum absolute atomic E-state index is 14.1. The number of rotatable bonds is 4. The van der Waals surface area contributed by atoms with Crippen LogP contribution in [0.15, 0.2) is 34.1 Å². The molecule has 0 radical (unpaired) electrons. The molecule has 1 unspecified atom stereocenters. The van der Waals surface area contributed by atoms with Crippen LogP contribution in [0.4, 0.5) is 4.39 Å². The Kier molecular flexibility index (Phi) is 4.78. The third-order valence-corrected chi connectivity index (χ3v) is 4.84. The second kappa shape index (κ2) is 6.15. The van der Waals surface area contributed by atoms with Gasteiger partial charge in [0.05, 0.1) is 11.1 Å². The molecule has 0 aliphatic heterocycles. The van der Waals surface area contributed by atoms with E-state index in [1.807, 2.05) is 18.4 Å². The molecule has 1 heterocycles. The van der Waals surface area contributed by atoms with Gasteiger partial charge in [-0.25, -0.2) is 4.39 Å². The van der Waals surface area contributed by atoms with Crippen LogP contribution in [0.25, 0.3) is 0 Å². The molecule has 1 aromatic heterocycles. The van der Waals surface area contributed by atoms with E-state index in [-0.39, 0.29) is 16.9 Å². The van der Waals surface area contributed by atoms with E-state index in [9.17, 15) is 4.39 Å². The third-order valence-electron chi connectivity index (χ3n) is 2.61. The Morgan fingerprint density at radius 2 is 2.22 bits per heavy atom. The van der Waals surface area contributed by atoms with E-state index in [1.165, 1.54) is 0 Å². The highest BCUT2D eigenvalue weighted by Gasteiger charge is 2.21. The van der Waals surface area contributed by atoms with Gasteiger partial charge in [-0.3, -0.25) is 0 Å². The standard InChI is InChI=1S/C13H12BrClFNS/c1-2-17-12(13-9(14)6-7-18-13)8-4-3-5-10(15)11(8)16/h3-7,12,17H,2H2,1H3. The van der Waals surface area contributed by atoms with Gasteiger partial charge in [0.15, 0.2) is 0 Å². The van der Waals surface area contributed by atoms with E-state index in [4.69, 9.17) is 11.6 Å². The lowest BCUT2D eigenvalue weighted by atomic mass is 10.0. The van der Waals surface area contributed by atoms with Crippen molar-refractivity contribution < 1.29 is 4.39 Å². The van der Waals surface area contributed by atoms with E-state index >= 15 is 0 Å². The quantitative estimate of drug-likeness (QED) is 0.819. The number of hydrogen-bond acceptors (Lipinski definition) is 2. The largest absolute Gasteiger partial charge is 0.306 e. The smallest absolute Gasteiger partial charge is 0.146 e. The van der Waals surface area contributed by atoms with Gasteiger partial charge in [0.2, 0.25) is 0 Å². The van der Waals surface area contributed by atoms with E-state index in [0.29, 0.717) is 5.56 Å². The summed E-state index contributed by atoms with van der Waals surface area (Å²) in [7, 11) is 0. The van der Waals surface area contributed by atoms with Gasteiger partial charge in [-0.05, 0) is 40.0 Å². The third kappa shape index (κ3) is 2.77. The molecule has 0 amide bonds. The van der Waals surface area contributed by atoms with Crippen LogP contribution in [0.2, 0.25) is 5.02 Å². The first-order valence-corrected chi connectivity index (χ1v) is 7.60. The predicted molar refractivity (Wildman–Crippen MR) is 78.9 cm³/mol. The van der Waals surface area contributed by atoms with Crippen LogP contribution < -0.4 is 5.32 Å². The van der Waals surface area contributed by atoms with Crippen LogP contribution in [0.5, 0.6) is 0 Å². The van der Waals surface area contributed by atoms with Crippen molar-refractivity contribution in [3.8, 4) is 0 Å². The first kappa shape index (κ1) is 14.0. The predicted octanol–water partition coefficient (Wildman–Crippen LogP) is 5.00. The lowest BCUT2D eigenvalue weighted by Crippen LogP contribution is -2.22. The normalized spacial score (nSPS) is 12.7. The molecule has 96 valence electrons. The lowest BCUT2D eigenvalue weighted by molar-refractivity contribution is 0.562. The minimum absolute atomic E-state index is 0.156. The molecule has 1 aromatic carbocycles. The van der Waals surface area contributed by atoms with Crippen LogP contribution in [0.3, 0.4) is 0 Å². The number of nitrogens with one attached hydrogen (secondary N) is 1. The monoisotopic (exact) mass is 347 g/mol. The van der Waals surface area contributed by atoms with Gasteiger partial charge < -0.3 is 5.32 Å². The Morgan fingerprint density at radius 1 is 1.44 bits per heavy atom. The van der Waals surface area contributed by atoms with Crippen LogP contribution in [0.1, 0.15) is 23.4 Å². The van der Waals surface area contributed by atoms with Gasteiger partial charge >= 0.3 is 0 Å². The minimum atomic E-state index is -0.356. The fourth-order valence-corrected chi connectivity index (χ4v) is 3.68. The molecule has 18 heavy (non-hydrogen) atoms. The summed E-state index contributed by atoms with van der Waals surface area (Å²) in [6, 6.07) is 6.88. The summed E-state index contributed by atoms with van der Waals surface area (Å²) in [4.78, 5) is 1.05. The molecule has 0 spiro atoms. The summed E-state index contributed by atoms with van der Waals surface area (Å²) in [6.45, 7) is 2.75. The molecule has 0 saturated heterocycles. The van der Waals surface area contributed by atoms with Crippen molar-refractivity contribution in [1.29, 1.82) is 0 Å². The maximum atomic E-state index is 14.1. The molecule has 1 nitrogen and oxygen atoms in total. The molecule has 0 aliphatic carbocycles. The highest BCUT2D eigenvalue weighted by molar-refractivity contribution is 9.10. The highest BCUT2D eigenvalue weighted by atomic mass is 79.9. The Labute approximate surface area is 123 Å². The Hall–Kier alpha value is -0.420. The van der Waals surface area contributed by atoms with Crippen molar-refractivity contribution >= 4 is 38.9 Å². The second-order valence-corrected chi connectivity index (χ2v) is 5.98. The lowest BCUT2D eigenvalue weighted by Gasteiger charge is -2.18. The molecule has 1 N–H and O–H groups in total. The van der Waals surface area contributed by atoms with E-state index < -0.39 is 0 Å². The van der Waals surface area contributed by atoms with Crippen molar-refractivity contribution in [1.82, 2.24) is 5.32 Å². The van der Waals surface area contributed by atoms with Gasteiger partial charge in [0.1, 0.15) is 5.82 Å². The summed E-state index contributed by atoms with van der Waals surface area (Å²) >= 11 is 10.9. The summed E-state index contributed by atoms with van der Waals surface area (Å²) in [6.07, 6.45) is 0. The Balaban J connectivity index is 2.48. The van der Waals surface area contributed by atoms with E-state index in [1.54, 1.807) is 29.5 Å². The van der Waals surface area contributed by atoms with Crippen LogP contribution in [0, 0.1) is 5.82 Å². The number of halogens is 3. The zero-order valence-electron chi connectivity index (χ0n) is 9.71. The van der Waals surface area contributed by atoms with Crippen LogP contribution in [-0.2, 0) is 0 Å². The first-order chi connectivity index (χ1) is 8.65. The minimum Gasteiger partial charge on any atom is -0.306 e. The van der Waals surface area contributed by atoms with Gasteiger partial charge in [-0.2, -0.15) is 0 Å². The number of thiophene rings is 1. The summed E-state index contributed by atoms with van der Waals surface area (Å²) in [5, 5.41) is 5.43. The topological polar surface area (TPSA) is 12.0 Å². The SMILES string of the molecule is CCNC(c1cccc(Cl)c1F)c1sccc1Br. The van der Waals surface area contributed by atoms with Crippen molar-refractivity contribution in [2.75, 3.05) is 6.54 Å². The fourth-order valence-electron chi connectivity index (χ4n) is 1.80. The summed E-state index contributed by atoms with van der Waals surface area (Å²) < 4.78 is 15.1. The Morgan fingerprint density at radius 3 is 2.83 bits per heavy atom. The number of benzene rings is 1. The maximum Gasteiger partial charge on any atom is 0.146 e. The van der Waals surface area contributed by atoms with E-state index in [0.717, 1.165) is 15.9 Å². The molecule has 0 aliphatic rings. The van der Waals surface area contributed by atoms with Gasteiger partial charge in [-0.15, -0.1) is 11.3 Å². The zero-order chi connectivity index (χ0) is 13.1. The Bertz CT molecular complexity index is 544. The highest BCUT2D eigenvalue weighted by Crippen LogP contribution is 2.35. The average molecular weight is 349 g/mol. The molecule has 2 aromatic rings. The molecule has 1 atom stereocenters. The average Bonchev–Trinajstić information content (AvgIpc) is 2.76. The van der Waals surface area contributed by atoms with Gasteiger partial charge in [0, 0.05) is 14.9 Å². The van der Waals surface area contributed by atoms with Gasteiger partial charge in [-0.1, -0.05) is 30.7 Å². The first-order valence-electron chi connectivity index (χ1n) is 5.55. The van der Waals surface area contributed by atoms with Crippen LogP contribution in [-0.4, -0.2) is 6.54 Å². The van der Waals surface area contributed by atoms with Gasteiger partial charge in [0.25, 0.3) is 0 Å². The van der Waals surface area contributed by atoms with Crippen molar-refractivity contribution in [2.24, 2.45) is 0 Å². The van der Waals surface area contributed by atoms with E-state index in [2.05, 4.69) is 21.2 Å². The van der Waals surface area contributed by atoms with Crippen molar-refractivity contribution in [3.05, 3.63) is 55.4 Å². The molecule has 5 heteroatoms. The summed E-state index contributed by atoms with van der Waals surface area (Å²) in [5.74, 6) is -0.356. The molecular formula is C13H12BrClFNS. The van der Waals surface area contributed by atoms with Crippen LogP contribution >= 0.6 is 38.9 Å². The molecular weight excluding hydrogens is 337 g/mol.